The molecule has 0 aliphatic heterocycles. The van der Waals surface area contributed by atoms with Gasteiger partial charge in [0, 0.05) is 6.07 Å². The van der Waals surface area contributed by atoms with Gasteiger partial charge in [0.15, 0.2) is 0 Å². The van der Waals surface area contributed by atoms with Crippen LogP contribution in [0, 0.1) is 29.6 Å². The molecule has 7 heteroatoms. The number of hydrogen-bond donors (Lipinski definition) is 3. The van der Waals surface area contributed by atoms with Crippen molar-refractivity contribution >= 4 is 17.6 Å². The van der Waals surface area contributed by atoms with E-state index in [0.29, 0.717) is 17.6 Å². The zero-order valence-electron chi connectivity index (χ0n) is 18.7. The van der Waals surface area contributed by atoms with Crippen LogP contribution in [-0.4, -0.2) is 47.2 Å². The van der Waals surface area contributed by atoms with Gasteiger partial charge in [-0.25, -0.2) is 4.79 Å². The number of esters is 1. The molecule has 0 heterocycles. The van der Waals surface area contributed by atoms with Crippen LogP contribution in [0.1, 0.15) is 56.0 Å². The Hall–Kier alpha value is -1.76. The lowest BCUT2D eigenvalue weighted by Gasteiger charge is -2.57. The second-order valence-electron chi connectivity index (χ2n) is 10.3. The van der Waals surface area contributed by atoms with Crippen molar-refractivity contribution in [3.05, 3.63) is 33.4 Å². The van der Waals surface area contributed by atoms with Crippen LogP contribution >= 0.6 is 11.6 Å². The molecule has 0 spiro atoms. The third-order valence-electron chi connectivity index (χ3n) is 7.84. The van der Waals surface area contributed by atoms with Gasteiger partial charge in [-0.3, -0.25) is 0 Å². The van der Waals surface area contributed by atoms with Gasteiger partial charge in [-0.15, -0.1) is 0 Å². The van der Waals surface area contributed by atoms with E-state index in [1.54, 1.807) is 6.92 Å². The first kappa shape index (κ1) is 22.4. The number of methoxy groups -OCH3 is 1. The van der Waals surface area contributed by atoms with Crippen molar-refractivity contribution in [3.8, 4) is 11.5 Å². The summed E-state index contributed by atoms with van der Waals surface area (Å²) in [5.41, 5.74) is 1.71. The number of aliphatic hydroxyl groups excluding tert-OH is 2. The molecule has 170 valence electrons. The summed E-state index contributed by atoms with van der Waals surface area (Å²) in [7, 11) is 1.43. The number of halogens is 1. The molecule has 0 radical (unpaired) electrons. The van der Waals surface area contributed by atoms with Gasteiger partial charge >= 0.3 is 5.97 Å². The predicted molar refractivity (Wildman–Crippen MR) is 116 cm³/mol. The van der Waals surface area contributed by atoms with E-state index in [2.05, 4.69) is 20.8 Å². The molecule has 0 aromatic heterocycles. The standard InChI is InChI=1S/C24H31ClO6/c1-11-18(15(27)6-16(30-5)20(11)25)22(29)31-17-9-24(4)14-8-23(2,3)7-12(14)21(28)13(10-26)19(17)24/h6,12,14,17,21,26-28H,7-10H2,1-5H3/t12?,14?,17-,21+,24-/m1/s1. The van der Waals surface area contributed by atoms with Gasteiger partial charge in [-0.1, -0.05) is 32.4 Å². The fraction of sp³-hybridized carbons (Fsp3) is 0.625. The molecule has 2 fully saturated rings. The van der Waals surface area contributed by atoms with Crippen LogP contribution in [0.4, 0.5) is 0 Å². The molecule has 1 aromatic carbocycles. The van der Waals surface area contributed by atoms with Gasteiger partial charge < -0.3 is 24.8 Å². The fourth-order valence-corrected chi connectivity index (χ4v) is 6.66. The fourth-order valence-electron chi connectivity index (χ4n) is 6.44. The normalized spacial score (nSPS) is 33.4. The molecular weight excluding hydrogens is 420 g/mol. The minimum Gasteiger partial charge on any atom is -0.507 e. The van der Waals surface area contributed by atoms with Gasteiger partial charge in [-0.05, 0) is 65.6 Å². The number of phenolic OH excluding ortho intramolecular Hbond substituents is 1. The molecule has 2 saturated carbocycles. The number of ether oxygens (including phenoxy) is 2. The number of benzene rings is 1. The van der Waals surface area contributed by atoms with Gasteiger partial charge in [-0.2, -0.15) is 0 Å². The molecule has 3 N–H and O–H groups in total. The van der Waals surface area contributed by atoms with E-state index < -0.39 is 18.2 Å². The maximum atomic E-state index is 13.0. The van der Waals surface area contributed by atoms with E-state index in [1.807, 2.05) is 0 Å². The Bertz CT molecular complexity index is 967. The molecule has 0 saturated heterocycles. The number of fused-ring (bicyclic) bond motifs is 3. The number of carbonyl (C=O) groups excluding carboxylic acids is 1. The minimum absolute atomic E-state index is 0.00165. The second-order valence-corrected chi connectivity index (χ2v) is 10.7. The van der Waals surface area contributed by atoms with Crippen molar-refractivity contribution in [2.24, 2.45) is 22.7 Å². The number of hydrogen-bond acceptors (Lipinski definition) is 6. The summed E-state index contributed by atoms with van der Waals surface area (Å²) in [5.74, 6) is -0.277. The van der Waals surface area contributed by atoms with Crippen molar-refractivity contribution in [2.45, 2.75) is 59.2 Å². The summed E-state index contributed by atoms with van der Waals surface area (Å²) in [6.45, 7) is 7.95. The first-order chi connectivity index (χ1) is 14.4. The first-order valence-corrected chi connectivity index (χ1v) is 11.1. The summed E-state index contributed by atoms with van der Waals surface area (Å²) >= 11 is 6.26. The Morgan fingerprint density at radius 2 is 1.94 bits per heavy atom. The predicted octanol–water partition coefficient (Wildman–Crippen LogP) is 4.01. The topological polar surface area (TPSA) is 96.2 Å². The molecule has 3 aliphatic rings. The zero-order valence-corrected chi connectivity index (χ0v) is 19.4. The highest BCUT2D eigenvalue weighted by atomic mass is 35.5. The van der Waals surface area contributed by atoms with Crippen LogP contribution in [0.25, 0.3) is 0 Å². The smallest absolute Gasteiger partial charge is 0.342 e. The Morgan fingerprint density at radius 3 is 2.55 bits per heavy atom. The van der Waals surface area contributed by atoms with Crippen LogP contribution < -0.4 is 4.74 Å². The van der Waals surface area contributed by atoms with Crippen molar-refractivity contribution in [1.82, 2.24) is 0 Å². The zero-order chi connectivity index (χ0) is 22.9. The third-order valence-corrected chi connectivity index (χ3v) is 8.31. The van der Waals surface area contributed by atoms with Gasteiger partial charge in [0.1, 0.15) is 23.2 Å². The lowest BCUT2D eigenvalue weighted by atomic mass is 9.49. The Labute approximate surface area is 187 Å². The molecule has 0 bridgehead atoms. The Morgan fingerprint density at radius 1 is 1.26 bits per heavy atom. The lowest BCUT2D eigenvalue weighted by molar-refractivity contribution is -0.0571. The maximum Gasteiger partial charge on any atom is 0.342 e. The minimum atomic E-state index is -0.730. The van der Waals surface area contributed by atoms with Crippen LogP contribution in [0.2, 0.25) is 5.02 Å². The van der Waals surface area contributed by atoms with Gasteiger partial charge in [0.05, 0.1) is 24.8 Å². The molecule has 4 rings (SSSR count). The second kappa shape index (κ2) is 7.39. The monoisotopic (exact) mass is 450 g/mol. The summed E-state index contributed by atoms with van der Waals surface area (Å²) < 4.78 is 10.9. The van der Waals surface area contributed by atoms with Crippen LogP contribution in [-0.2, 0) is 4.74 Å². The van der Waals surface area contributed by atoms with Crippen LogP contribution in [0.3, 0.4) is 0 Å². The van der Waals surface area contributed by atoms with Crippen molar-refractivity contribution in [2.75, 3.05) is 13.7 Å². The molecule has 3 aliphatic carbocycles. The Balaban J connectivity index is 1.65. The lowest BCUT2D eigenvalue weighted by Crippen LogP contribution is -2.56. The SMILES string of the molecule is COc1cc(O)c(C(=O)O[C@@H]2C[C@@]3(C)C2=C(CO)[C@@H](O)C2CC(C)(C)CC23)c(C)c1Cl. The van der Waals surface area contributed by atoms with Crippen LogP contribution in [0.15, 0.2) is 17.2 Å². The summed E-state index contributed by atoms with van der Waals surface area (Å²) in [5, 5.41) is 31.7. The molecule has 0 amide bonds. The Kier molecular flexibility index (Phi) is 5.35. The molecule has 5 atom stereocenters. The molecule has 6 nitrogen and oxygen atoms in total. The number of phenols is 1. The van der Waals surface area contributed by atoms with Gasteiger partial charge in [0.2, 0.25) is 0 Å². The number of carbonyl (C=O) groups is 1. The van der Waals surface area contributed by atoms with E-state index in [0.717, 1.165) is 18.4 Å². The van der Waals surface area contributed by atoms with Crippen molar-refractivity contribution in [1.29, 1.82) is 0 Å². The average Bonchev–Trinajstić information content (AvgIpc) is 3.03. The highest BCUT2D eigenvalue weighted by molar-refractivity contribution is 6.33. The highest BCUT2D eigenvalue weighted by Gasteiger charge is 2.63. The molecule has 2 unspecified atom stereocenters. The van der Waals surface area contributed by atoms with Crippen molar-refractivity contribution in [3.63, 3.8) is 0 Å². The number of rotatable bonds is 4. The van der Waals surface area contributed by atoms with Gasteiger partial charge in [0.25, 0.3) is 0 Å². The van der Waals surface area contributed by atoms with Crippen LogP contribution in [0.5, 0.6) is 11.5 Å². The summed E-state index contributed by atoms with van der Waals surface area (Å²) in [4.78, 5) is 13.0. The maximum absolute atomic E-state index is 13.0. The quantitative estimate of drug-likeness (QED) is 0.473. The summed E-state index contributed by atoms with van der Waals surface area (Å²) in [6, 6.07) is 1.30. The summed E-state index contributed by atoms with van der Waals surface area (Å²) in [6.07, 6.45) is 1.26. The average molecular weight is 451 g/mol. The highest BCUT2D eigenvalue weighted by Crippen LogP contribution is 2.66. The number of aliphatic hydroxyl groups is 2. The number of aromatic hydroxyl groups is 1. The van der Waals surface area contributed by atoms with E-state index >= 15 is 0 Å². The largest absolute Gasteiger partial charge is 0.507 e. The molecule has 1 aromatic rings. The first-order valence-electron chi connectivity index (χ1n) is 10.7. The van der Waals surface area contributed by atoms with E-state index in [4.69, 9.17) is 21.1 Å². The molecule has 31 heavy (non-hydrogen) atoms. The van der Waals surface area contributed by atoms with E-state index in [9.17, 15) is 20.1 Å². The molecular formula is C24H31ClO6. The van der Waals surface area contributed by atoms with E-state index in [-0.39, 0.29) is 51.4 Å². The van der Waals surface area contributed by atoms with E-state index in [1.165, 1.54) is 13.2 Å². The van der Waals surface area contributed by atoms with Crippen molar-refractivity contribution < 1.29 is 29.6 Å². The third kappa shape index (κ3) is 3.26.